The summed E-state index contributed by atoms with van der Waals surface area (Å²) in [7, 11) is 1.94. The number of benzene rings is 2. The summed E-state index contributed by atoms with van der Waals surface area (Å²) in [5.74, 6) is -0.684. The second-order valence-corrected chi connectivity index (χ2v) is 10.7. The highest BCUT2D eigenvalue weighted by molar-refractivity contribution is 7.16. The zero-order chi connectivity index (χ0) is 28.1. The fraction of sp³-hybridized carbons (Fsp3) is 0.286. The van der Waals surface area contributed by atoms with E-state index in [0.29, 0.717) is 11.3 Å². The zero-order valence-electron chi connectivity index (χ0n) is 22.2. The average molecular weight is 551 g/mol. The van der Waals surface area contributed by atoms with Crippen molar-refractivity contribution in [1.29, 1.82) is 0 Å². The van der Waals surface area contributed by atoms with Crippen molar-refractivity contribution in [2.45, 2.75) is 45.9 Å². The molecule has 0 fully saturated rings. The summed E-state index contributed by atoms with van der Waals surface area (Å²) in [5.41, 5.74) is 2.51. The van der Waals surface area contributed by atoms with Crippen LogP contribution in [-0.4, -0.2) is 39.7 Å². The van der Waals surface area contributed by atoms with Crippen LogP contribution >= 0.6 is 11.3 Å². The number of urea groups is 1. The van der Waals surface area contributed by atoms with Gasteiger partial charge in [-0.15, -0.1) is 0 Å². The van der Waals surface area contributed by atoms with E-state index in [1.807, 2.05) is 35.3 Å². The number of phenols is 1. The van der Waals surface area contributed by atoms with Crippen molar-refractivity contribution in [3.63, 3.8) is 0 Å². The fourth-order valence-electron chi connectivity index (χ4n) is 4.02. The molecule has 4 aromatic rings. The number of fused-ring (bicyclic) bond motifs is 1. The van der Waals surface area contributed by atoms with Crippen LogP contribution in [0.3, 0.4) is 0 Å². The van der Waals surface area contributed by atoms with Crippen LogP contribution in [0.2, 0.25) is 0 Å². The minimum Gasteiger partial charge on any atom is -0.508 e. The molecule has 11 heteroatoms. The smallest absolute Gasteiger partial charge is 0.345 e. The molecule has 4 N–H and O–H groups in total. The molecule has 0 aliphatic rings. The molecular weight excluding hydrogens is 518 g/mol. The van der Waals surface area contributed by atoms with Gasteiger partial charge in [-0.1, -0.05) is 23.5 Å². The van der Waals surface area contributed by atoms with Crippen LogP contribution in [0.15, 0.2) is 60.9 Å². The normalized spacial score (nSPS) is 11.8. The predicted molar refractivity (Wildman–Crippen MR) is 148 cm³/mol. The van der Waals surface area contributed by atoms with Crippen LogP contribution < -0.4 is 20.4 Å². The van der Waals surface area contributed by atoms with Gasteiger partial charge >= 0.3 is 17.0 Å². The molecule has 0 radical (unpaired) electrons. The molecule has 0 aliphatic carbocycles. The number of rotatable bonds is 9. The Morgan fingerprint density at radius 3 is 2.38 bits per heavy atom. The van der Waals surface area contributed by atoms with Gasteiger partial charge in [-0.25, -0.2) is 14.2 Å². The molecule has 2 aromatic heterocycles. The second kappa shape index (κ2) is 12.0. The van der Waals surface area contributed by atoms with Gasteiger partial charge in [-0.2, -0.15) is 4.40 Å². The number of amides is 3. The molecule has 10 nitrogen and oxygen atoms in total. The molecule has 39 heavy (non-hydrogen) atoms. The number of aromatic hydroxyl groups is 1. The topological polar surface area (TPSA) is 126 Å². The summed E-state index contributed by atoms with van der Waals surface area (Å²) in [5, 5.41) is 18.0. The van der Waals surface area contributed by atoms with E-state index in [2.05, 4.69) is 16.0 Å². The molecule has 0 spiro atoms. The Labute approximate surface area is 230 Å². The lowest BCUT2D eigenvalue weighted by atomic mass is 10.1. The van der Waals surface area contributed by atoms with Gasteiger partial charge in [0.1, 0.15) is 24.2 Å². The highest BCUT2D eigenvalue weighted by Crippen LogP contribution is 2.15. The van der Waals surface area contributed by atoms with E-state index in [0.717, 1.165) is 16.2 Å². The van der Waals surface area contributed by atoms with E-state index in [-0.39, 0.29) is 30.7 Å². The first-order chi connectivity index (χ1) is 18.6. The van der Waals surface area contributed by atoms with Crippen molar-refractivity contribution in [3.05, 3.63) is 82.6 Å². The van der Waals surface area contributed by atoms with Gasteiger partial charge in [0.2, 0.25) is 5.91 Å². The van der Waals surface area contributed by atoms with Gasteiger partial charge in [-0.3, -0.25) is 4.79 Å². The summed E-state index contributed by atoms with van der Waals surface area (Å²) in [6, 6.07) is 11.3. The number of thiazole rings is 1. The van der Waals surface area contributed by atoms with Gasteiger partial charge in [-0.05, 0) is 62.7 Å². The Morgan fingerprint density at radius 1 is 1.05 bits per heavy atom. The average Bonchev–Trinajstić information content (AvgIpc) is 3.39. The summed E-state index contributed by atoms with van der Waals surface area (Å²) in [4.78, 5) is 40.4. The van der Waals surface area contributed by atoms with Crippen molar-refractivity contribution in [2.24, 2.45) is 7.05 Å². The number of carbonyl (C=O) groups excluding carboxylic acids is 3. The fourth-order valence-corrected chi connectivity index (χ4v) is 4.94. The zero-order valence-corrected chi connectivity index (χ0v) is 23.0. The van der Waals surface area contributed by atoms with Crippen LogP contribution in [0.4, 0.5) is 10.5 Å². The number of phenolic OH excluding ortho intramolecular Hbond substituents is 1. The Bertz CT molecular complexity index is 1470. The van der Waals surface area contributed by atoms with Crippen LogP contribution in [-0.2, 0) is 29.5 Å². The molecule has 2 aromatic carbocycles. The van der Waals surface area contributed by atoms with Crippen LogP contribution in [0.5, 0.6) is 5.75 Å². The molecular formula is C28H32N5O5S+. The number of hydrogen-bond acceptors (Lipinski definition) is 6. The number of esters is 1. The van der Waals surface area contributed by atoms with Gasteiger partial charge in [0, 0.05) is 17.0 Å². The summed E-state index contributed by atoms with van der Waals surface area (Å²) in [6.45, 7) is 5.86. The number of imidazole rings is 1. The quantitative estimate of drug-likeness (QED) is 0.188. The van der Waals surface area contributed by atoms with E-state index in [1.165, 1.54) is 17.0 Å². The largest absolute Gasteiger partial charge is 0.508 e. The molecule has 0 saturated carbocycles. The molecule has 3 amide bonds. The van der Waals surface area contributed by atoms with E-state index in [4.69, 9.17) is 4.74 Å². The first-order valence-electron chi connectivity index (χ1n) is 12.5. The Morgan fingerprint density at radius 2 is 1.74 bits per heavy atom. The number of carbonyl (C=O) groups is 3. The maximum atomic E-state index is 13.2. The predicted octanol–water partition coefficient (Wildman–Crippen LogP) is 3.45. The lowest BCUT2D eigenvalue weighted by Gasteiger charge is -2.19. The summed E-state index contributed by atoms with van der Waals surface area (Å²) < 4.78 is 9.22. The SMILES string of the molecule is Cc1c[n+]2cc(CNC(=O)[C@H](Cc3ccc(O)cc3)NC(=O)Nc3ccc(C(=O)OC(C)C)cc3)n(C)c2s1. The minimum absolute atomic E-state index is 0.114. The Hall–Kier alpha value is -4.38. The lowest BCUT2D eigenvalue weighted by molar-refractivity contribution is -0.506. The van der Waals surface area contributed by atoms with Crippen molar-refractivity contribution in [3.8, 4) is 5.75 Å². The van der Waals surface area contributed by atoms with Crippen molar-refractivity contribution in [1.82, 2.24) is 15.2 Å². The highest BCUT2D eigenvalue weighted by Gasteiger charge is 2.24. The number of aromatic nitrogens is 2. The van der Waals surface area contributed by atoms with Gasteiger partial charge in [0.15, 0.2) is 5.69 Å². The van der Waals surface area contributed by atoms with Crippen LogP contribution in [0, 0.1) is 6.92 Å². The van der Waals surface area contributed by atoms with Gasteiger partial charge in [0.25, 0.3) is 0 Å². The Balaban J connectivity index is 1.43. The van der Waals surface area contributed by atoms with Crippen LogP contribution in [0.25, 0.3) is 4.96 Å². The third kappa shape index (κ3) is 7.14. The van der Waals surface area contributed by atoms with E-state index in [9.17, 15) is 19.5 Å². The maximum Gasteiger partial charge on any atom is 0.345 e. The molecule has 1 atom stereocenters. The molecule has 0 saturated heterocycles. The highest BCUT2D eigenvalue weighted by atomic mass is 32.1. The molecule has 2 heterocycles. The molecule has 0 bridgehead atoms. The second-order valence-electron chi connectivity index (χ2n) is 9.48. The molecule has 0 unspecified atom stereocenters. The van der Waals surface area contributed by atoms with Gasteiger partial charge in [0.05, 0.1) is 25.3 Å². The molecule has 0 aliphatic heterocycles. The first kappa shape index (κ1) is 27.6. The molecule has 204 valence electrons. The summed E-state index contributed by atoms with van der Waals surface area (Å²) in [6.07, 6.45) is 3.98. The van der Waals surface area contributed by atoms with Crippen molar-refractivity contribution >= 4 is 39.9 Å². The van der Waals surface area contributed by atoms with E-state index < -0.39 is 18.0 Å². The maximum absolute atomic E-state index is 13.2. The monoisotopic (exact) mass is 550 g/mol. The molecule has 4 rings (SSSR count). The number of ether oxygens (including phenoxy) is 1. The summed E-state index contributed by atoms with van der Waals surface area (Å²) >= 11 is 1.66. The third-order valence-corrected chi connectivity index (χ3v) is 7.06. The standard InChI is InChI=1S/C28H31N5O5S/c1-17(2)38-26(36)20-7-9-21(10-8-20)30-27(37)31-24(13-19-5-11-23(34)12-6-19)25(35)29-14-22-16-33-15-18(3)39-28(33)32(22)4/h5-12,15-17,24H,13-14H2,1-4H3,(H3-,29,30,31,34,35,36,37)/p+1/t24-/m0/s1. The first-order valence-corrected chi connectivity index (χ1v) is 13.3. The van der Waals surface area contributed by atoms with E-state index >= 15 is 0 Å². The number of aryl methyl sites for hydroxylation is 2. The number of nitrogens with one attached hydrogen (secondary N) is 3. The number of hydrogen-bond donors (Lipinski definition) is 4. The Kier molecular flexibility index (Phi) is 8.50. The van der Waals surface area contributed by atoms with Gasteiger partial charge < -0.3 is 25.8 Å². The number of nitrogens with zero attached hydrogens (tertiary/aromatic N) is 2. The van der Waals surface area contributed by atoms with Crippen molar-refractivity contribution < 1.29 is 28.6 Å². The minimum atomic E-state index is -0.883. The lowest BCUT2D eigenvalue weighted by Crippen LogP contribution is -2.49. The third-order valence-electron chi connectivity index (χ3n) is 5.96. The van der Waals surface area contributed by atoms with Crippen molar-refractivity contribution in [2.75, 3.05) is 5.32 Å². The van der Waals surface area contributed by atoms with Crippen LogP contribution in [0.1, 0.15) is 40.3 Å². The van der Waals surface area contributed by atoms with E-state index in [1.54, 1.807) is 61.6 Å². The number of anilines is 1.